The van der Waals surface area contributed by atoms with Crippen LogP contribution in [0.25, 0.3) is 0 Å². The van der Waals surface area contributed by atoms with Gasteiger partial charge in [-0.1, -0.05) is 17.9 Å². The van der Waals surface area contributed by atoms with Crippen LogP contribution in [-0.2, 0) is 0 Å². The molecule has 106 valence electrons. The van der Waals surface area contributed by atoms with Crippen LogP contribution in [0.2, 0.25) is 0 Å². The van der Waals surface area contributed by atoms with Crippen LogP contribution < -0.4 is 11.1 Å². The lowest BCUT2D eigenvalue weighted by Gasteiger charge is -2.07. The fraction of sp³-hybridized carbons (Fsp3) is 0.118. The molecule has 0 heterocycles. The highest BCUT2D eigenvalue weighted by Gasteiger charge is 2.07. The minimum Gasteiger partial charge on any atom is -0.322 e. The average Bonchev–Trinajstić information content (AvgIpc) is 2.46. The predicted molar refractivity (Wildman–Crippen MR) is 81.5 cm³/mol. The first-order valence-corrected chi connectivity index (χ1v) is 6.46. The summed E-state index contributed by atoms with van der Waals surface area (Å²) in [5.74, 6) is 4.95. The molecule has 1 amide bonds. The predicted octanol–water partition coefficient (Wildman–Crippen LogP) is 2.70. The highest BCUT2D eigenvalue weighted by Crippen LogP contribution is 2.15. The molecule has 0 atom stereocenters. The monoisotopic (exact) mass is 282 g/mol. The highest BCUT2D eigenvalue weighted by atomic mass is 19.1. The third-order valence-corrected chi connectivity index (χ3v) is 2.90. The number of nitrogens with two attached hydrogens (primary N) is 1. The van der Waals surface area contributed by atoms with E-state index in [0.717, 1.165) is 11.1 Å². The first-order chi connectivity index (χ1) is 10.1. The molecule has 0 spiro atoms. The molecule has 2 aromatic carbocycles. The number of hydrogen-bond donors (Lipinski definition) is 2. The Morgan fingerprint density at radius 3 is 2.76 bits per heavy atom. The largest absolute Gasteiger partial charge is 0.322 e. The van der Waals surface area contributed by atoms with Crippen molar-refractivity contribution in [2.45, 2.75) is 6.92 Å². The van der Waals surface area contributed by atoms with E-state index < -0.39 is 5.82 Å². The van der Waals surface area contributed by atoms with Gasteiger partial charge in [-0.15, -0.1) is 0 Å². The summed E-state index contributed by atoms with van der Waals surface area (Å²) in [6, 6.07) is 10.9. The number of benzene rings is 2. The third kappa shape index (κ3) is 3.91. The van der Waals surface area contributed by atoms with Crippen LogP contribution in [0.1, 0.15) is 21.5 Å². The molecule has 0 aliphatic rings. The Kier molecular flexibility index (Phi) is 4.70. The van der Waals surface area contributed by atoms with Crippen LogP contribution in [0.4, 0.5) is 10.1 Å². The summed E-state index contributed by atoms with van der Waals surface area (Å²) in [6.45, 7) is 2.20. The zero-order valence-electron chi connectivity index (χ0n) is 11.6. The van der Waals surface area contributed by atoms with Gasteiger partial charge in [0.2, 0.25) is 0 Å². The van der Waals surface area contributed by atoms with Crippen LogP contribution >= 0.6 is 0 Å². The molecule has 0 saturated heterocycles. The van der Waals surface area contributed by atoms with E-state index in [2.05, 4.69) is 17.2 Å². The minimum atomic E-state index is -0.439. The van der Waals surface area contributed by atoms with Crippen LogP contribution in [0, 0.1) is 24.6 Å². The normalized spacial score (nSPS) is 9.67. The van der Waals surface area contributed by atoms with Gasteiger partial charge in [0.25, 0.3) is 5.91 Å². The molecule has 0 aliphatic heterocycles. The Balaban J connectivity index is 2.17. The number of anilines is 1. The van der Waals surface area contributed by atoms with Gasteiger partial charge in [0, 0.05) is 16.8 Å². The van der Waals surface area contributed by atoms with Gasteiger partial charge in [-0.3, -0.25) is 4.79 Å². The van der Waals surface area contributed by atoms with Crippen LogP contribution in [-0.4, -0.2) is 12.5 Å². The molecule has 0 bridgehead atoms. The summed E-state index contributed by atoms with van der Waals surface area (Å²) >= 11 is 0. The quantitative estimate of drug-likeness (QED) is 0.832. The SMILES string of the molecule is Cc1cc(NC(=O)c2cccc(F)c2)ccc1C#CCN. The van der Waals surface area contributed by atoms with Crippen molar-refractivity contribution in [1.82, 2.24) is 0 Å². The molecule has 21 heavy (non-hydrogen) atoms. The van der Waals surface area contributed by atoms with E-state index in [9.17, 15) is 9.18 Å². The van der Waals surface area contributed by atoms with Gasteiger partial charge in [-0.2, -0.15) is 0 Å². The van der Waals surface area contributed by atoms with Crippen molar-refractivity contribution >= 4 is 11.6 Å². The highest BCUT2D eigenvalue weighted by molar-refractivity contribution is 6.04. The first kappa shape index (κ1) is 14.8. The van der Waals surface area contributed by atoms with Crippen LogP contribution in [0.5, 0.6) is 0 Å². The maximum atomic E-state index is 13.1. The van der Waals surface area contributed by atoms with E-state index in [1.165, 1.54) is 18.2 Å². The maximum absolute atomic E-state index is 13.1. The lowest BCUT2D eigenvalue weighted by Crippen LogP contribution is -2.12. The second-order valence-electron chi connectivity index (χ2n) is 4.50. The molecule has 0 aliphatic carbocycles. The molecule has 3 nitrogen and oxygen atoms in total. The second-order valence-corrected chi connectivity index (χ2v) is 4.50. The first-order valence-electron chi connectivity index (χ1n) is 6.46. The Hall–Kier alpha value is -2.64. The van der Waals surface area contributed by atoms with Gasteiger partial charge in [0.1, 0.15) is 5.82 Å². The van der Waals surface area contributed by atoms with Crippen LogP contribution in [0.3, 0.4) is 0 Å². The number of amides is 1. The van der Waals surface area contributed by atoms with E-state index in [0.29, 0.717) is 12.2 Å². The number of rotatable bonds is 2. The molecule has 0 aromatic heterocycles. The molecule has 0 unspecified atom stereocenters. The molecular formula is C17H15FN2O. The van der Waals surface area contributed by atoms with Gasteiger partial charge >= 0.3 is 0 Å². The number of carbonyl (C=O) groups is 1. The van der Waals surface area contributed by atoms with Gasteiger partial charge in [0.05, 0.1) is 6.54 Å². The molecule has 2 aromatic rings. The van der Waals surface area contributed by atoms with Crippen molar-refractivity contribution in [3.05, 3.63) is 65.0 Å². The standard InChI is InChI=1S/C17H15FN2O/c1-12-10-16(8-7-13(12)5-3-9-19)20-17(21)14-4-2-6-15(18)11-14/h2,4,6-8,10-11H,9,19H2,1H3,(H,20,21). The van der Waals surface area contributed by atoms with Gasteiger partial charge in [0.15, 0.2) is 0 Å². The number of hydrogen-bond acceptors (Lipinski definition) is 2. The zero-order chi connectivity index (χ0) is 15.2. The lowest BCUT2D eigenvalue weighted by atomic mass is 10.1. The van der Waals surface area contributed by atoms with Crippen molar-refractivity contribution in [1.29, 1.82) is 0 Å². The van der Waals surface area contributed by atoms with Crippen LogP contribution in [0.15, 0.2) is 42.5 Å². The number of nitrogens with one attached hydrogen (secondary N) is 1. The second kappa shape index (κ2) is 6.69. The van der Waals surface area contributed by atoms with Gasteiger partial charge in [-0.25, -0.2) is 4.39 Å². The zero-order valence-corrected chi connectivity index (χ0v) is 11.6. The third-order valence-electron chi connectivity index (χ3n) is 2.90. The fourth-order valence-corrected chi connectivity index (χ4v) is 1.86. The Morgan fingerprint density at radius 1 is 1.29 bits per heavy atom. The number of aryl methyl sites for hydroxylation is 1. The van der Waals surface area contributed by atoms with E-state index >= 15 is 0 Å². The molecule has 0 fully saturated rings. The number of halogens is 1. The summed E-state index contributed by atoms with van der Waals surface area (Å²) in [7, 11) is 0. The Labute approximate surface area is 123 Å². The fourth-order valence-electron chi connectivity index (χ4n) is 1.86. The van der Waals surface area contributed by atoms with Crippen molar-refractivity contribution in [2.75, 3.05) is 11.9 Å². The summed E-state index contributed by atoms with van der Waals surface area (Å²) in [5.41, 5.74) is 8.06. The molecule has 0 radical (unpaired) electrons. The lowest BCUT2D eigenvalue weighted by molar-refractivity contribution is 0.102. The Bertz CT molecular complexity index is 729. The Morgan fingerprint density at radius 2 is 2.10 bits per heavy atom. The summed E-state index contributed by atoms with van der Waals surface area (Å²) in [6.07, 6.45) is 0. The van der Waals surface area contributed by atoms with Crippen molar-refractivity contribution in [3.63, 3.8) is 0 Å². The van der Waals surface area contributed by atoms with E-state index in [4.69, 9.17) is 5.73 Å². The molecule has 0 saturated carbocycles. The molecule has 4 heteroatoms. The summed E-state index contributed by atoms with van der Waals surface area (Å²) < 4.78 is 13.1. The molecular weight excluding hydrogens is 267 g/mol. The van der Waals surface area contributed by atoms with Crippen molar-refractivity contribution in [2.24, 2.45) is 5.73 Å². The molecule has 3 N–H and O–H groups in total. The van der Waals surface area contributed by atoms with Crippen molar-refractivity contribution in [3.8, 4) is 11.8 Å². The average molecular weight is 282 g/mol. The number of carbonyl (C=O) groups excluding carboxylic acids is 1. The van der Waals surface area contributed by atoms with Gasteiger partial charge in [-0.05, 0) is 48.9 Å². The van der Waals surface area contributed by atoms with Crippen molar-refractivity contribution < 1.29 is 9.18 Å². The minimum absolute atomic E-state index is 0.277. The maximum Gasteiger partial charge on any atom is 0.255 e. The van der Waals surface area contributed by atoms with E-state index in [1.807, 2.05) is 19.1 Å². The topological polar surface area (TPSA) is 55.1 Å². The summed E-state index contributed by atoms with van der Waals surface area (Å²) in [4.78, 5) is 12.0. The van der Waals surface area contributed by atoms with Gasteiger partial charge < -0.3 is 11.1 Å². The summed E-state index contributed by atoms with van der Waals surface area (Å²) in [5, 5.41) is 2.73. The molecule has 2 rings (SSSR count). The smallest absolute Gasteiger partial charge is 0.255 e. The van der Waals surface area contributed by atoms with E-state index in [-0.39, 0.29) is 11.5 Å². The van der Waals surface area contributed by atoms with E-state index in [1.54, 1.807) is 12.1 Å².